The molecule has 0 saturated heterocycles. The van der Waals surface area contributed by atoms with Crippen molar-refractivity contribution >= 4 is 22.8 Å². The highest BCUT2D eigenvalue weighted by molar-refractivity contribution is 5.97. The molecule has 0 radical (unpaired) electrons. The second-order valence-corrected chi connectivity index (χ2v) is 4.32. The Kier molecular flexibility index (Phi) is 3.88. The Hall–Kier alpha value is -2.51. The Morgan fingerprint density at radius 3 is 2.48 bits per heavy atom. The van der Waals surface area contributed by atoms with Gasteiger partial charge in [0.25, 0.3) is 5.91 Å². The van der Waals surface area contributed by atoms with Crippen LogP contribution in [0.25, 0.3) is 11.0 Å². The molecule has 1 aromatic heterocycles. The topological polar surface area (TPSA) is 70.8 Å². The Morgan fingerprint density at radius 1 is 1.24 bits per heavy atom. The Balaban J connectivity index is 2.30. The molecule has 0 atom stereocenters. The van der Waals surface area contributed by atoms with Gasteiger partial charge in [-0.1, -0.05) is 18.2 Å². The van der Waals surface area contributed by atoms with Gasteiger partial charge < -0.3 is 14.4 Å². The monoisotopic (exact) mass is 301 g/mol. The van der Waals surface area contributed by atoms with E-state index in [1.54, 1.807) is 24.3 Å². The van der Waals surface area contributed by atoms with Crippen LogP contribution in [0.5, 0.6) is 0 Å². The van der Waals surface area contributed by atoms with Crippen LogP contribution in [0.15, 0.2) is 34.7 Å². The SMILES string of the molecule is O=C(O)CN(CC(F)(F)F)C(=O)c1cc2ccccc2o1. The van der Waals surface area contributed by atoms with Crippen LogP contribution in [-0.2, 0) is 4.79 Å². The quantitative estimate of drug-likeness (QED) is 0.942. The zero-order valence-electron chi connectivity index (χ0n) is 10.6. The van der Waals surface area contributed by atoms with Gasteiger partial charge in [-0.05, 0) is 12.1 Å². The van der Waals surface area contributed by atoms with Gasteiger partial charge >= 0.3 is 12.1 Å². The number of furan rings is 1. The number of halogens is 3. The lowest BCUT2D eigenvalue weighted by Gasteiger charge is -2.20. The fourth-order valence-electron chi connectivity index (χ4n) is 1.82. The van der Waals surface area contributed by atoms with Gasteiger partial charge in [-0.3, -0.25) is 9.59 Å². The molecule has 0 fully saturated rings. The van der Waals surface area contributed by atoms with Crippen LogP contribution in [0, 0.1) is 0 Å². The number of carbonyl (C=O) groups is 2. The zero-order chi connectivity index (χ0) is 15.6. The molecule has 8 heteroatoms. The second-order valence-electron chi connectivity index (χ2n) is 4.32. The number of hydrogen-bond donors (Lipinski definition) is 1. The number of rotatable bonds is 4. The Labute approximate surface area is 116 Å². The molecule has 21 heavy (non-hydrogen) atoms. The van der Waals surface area contributed by atoms with Crippen LogP contribution in [0.2, 0.25) is 0 Å². The molecule has 1 heterocycles. The van der Waals surface area contributed by atoms with Crippen LogP contribution in [-0.4, -0.2) is 41.1 Å². The van der Waals surface area contributed by atoms with Gasteiger partial charge in [-0.15, -0.1) is 0 Å². The average Bonchev–Trinajstić information content (AvgIpc) is 2.78. The van der Waals surface area contributed by atoms with Gasteiger partial charge in [0.15, 0.2) is 5.76 Å². The average molecular weight is 301 g/mol. The smallest absolute Gasteiger partial charge is 0.406 e. The minimum atomic E-state index is -4.70. The number of carboxylic acid groups (broad SMARTS) is 1. The standard InChI is InChI=1S/C13H10F3NO4/c14-13(15,16)7-17(6-11(18)19)12(20)10-5-8-3-1-2-4-9(8)21-10/h1-5H,6-7H2,(H,18,19). The highest BCUT2D eigenvalue weighted by atomic mass is 19.4. The summed E-state index contributed by atoms with van der Waals surface area (Å²) in [5, 5.41) is 9.17. The summed E-state index contributed by atoms with van der Waals surface area (Å²) in [5.74, 6) is -2.99. The summed E-state index contributed by atoms with van der Waals surface area (Å²) >= 11 is 0. The van der Waals surface area contributed by atoms with Crippen LogP contribution < -0.4 is 0 Å². The van der Waals surface area contributed by atoms with Gasteiger partial charge in [0.2, 0.25) is 0 Å². The van der Waals surface area contributed by atoms with E-state index >= 15 is 0 Å². The number of para-hydroxylation sites is 1. The fraction of sp³-hybridized carbons (Fsp3) is 0.231. The third-order valence-electron chi connectivity index (χ3n) is 2.62. The van der Waals surface area contributed by atoms with E-state index < -0.39 is 31.1 Å². The van der Waals surface area contributed by atoms with Gasteiger partial charge in [-0.25, -0.2) is 0 Å². The fourth-order valence-corrected chi connectivity index (χ4v) is 1.82. The maximum atomic E-state index is 12.4. The number of alkyl halides is 3. The van der Waals surface area contributed by atoms with E-state index in [4.69, 9.17) is 9.52 Å². The van der Waals surface area contributed by atoms with Crippen molar-refractivity contribution in [2.45, 2.75) is 6.18 Å². The third kappa shape index (κ3) is 3.74. The zero-order valence-corrected chi connectivity index (χ0v) is 10.6. The maximum Gasteiger partial charge on any atom is 0.406 e. The molecule has 1 N–H and O–H groups in total. The van der Waals surface area contributed by atoms with Gasteiger partial charge in [-0.2, -0.15) is 13.2 Å². The predicted molar refractivity (Wildman–Crippen MR) is 65.8 cm³/mol. The molecule has 0 spiro atoms. The van der Waals surface area contributed by atoms with Crippen LogP contribution >= 0.6 is 0 Å². The summed E-state index contributed by atoms with van der Waals surface area (Å²) in [5.41, 5.74) is 0.336. The van der Waals surface area contributed by atoms with Crippen molar-refractivity contribution in [3.05, 3.63) is 36.1 Å². The van der Waals surface area contributed by atoms with Gasteiger partial charge in [0.05, 0.1) is 0 Å². The van der Waals surface area contributed by atoms with Crippen molar-refractivity contribution in [3.8, 4) is 0 Å². The second kappa shape index (κ2) is 5.47. The van der Waals surface area contributed by atoms with E-state index in [9.17, 15) is 22.8 Å². The number of amides is 1. The highest BCUT2D eigenvalue weighted by Crippen LogP contribution is 2.22. The lowest BCUT2D eigenvalue weighted by molar-refractivity contribution is -0.149. The summed E-state index contributed by atoms with van der Waals surface area (Å²) in [4.78, 5) is 22.8. The molecular weight excluding hydrogens is 291 g/mol. The molecule has 1 aromatic carbocycles. The van der Waals surface area contributed by atoms with E-state index in [0.29, 0.717) is 11.0 Å². The first-order valence-electron chi connectivity index (χ1n) is 5.82. The molecule has 0 aliphatic carbocycles. The van der Waals surface area contributed by atoms with Gasteiger partial charge in [0.1, 0.15) is 18.7 Å². The molecule has 0 aliphatic heterocycles. The van der Waals surface area contributed by atoms with Gasteiger partial charge in [0, 0.05) is 5.39 Å². The number of hydrogen-bond acceptors (Lipinski definition) is 3. The summed E-state index contributed by atoms with van der Waals surface area (Å²) in [6, 6.07) is 7.78. The summed E-state index contributed by atoms with van der Waals surface area (Å²) < 4.78 is 42.4. The van der Waals surface area contributed by atoms with Crippen LogP contribution in [0.3, 0.4) is 0 Å². The van der Waals surface area contributed by atoms with E-state index in [2.05, 4.69) is 0 Å². The first-order chi connectivity index (χ1) is 9.76. The molecule has 0 saturated carbocycles. The lowest BCUT2D eigenvalue weighted by Crippen LogP contribution is -2.41. The normalized spacial score (nSPS) is 11.6. The first kappa shape index (κ1) is 14.9. The molecule has 5 nitrogen and oxygen atoms in total. The highest BCUT2D eigenvalue weighted by Gasteiger charge is 2.35. The third-order valence-corrected chi connectivity index (χ3v) is 2.62. The Morgan fingerprint density at radius 2 is 1.90 bits per heavy atom. The van der Waals surface area contributed by atoms with E-state index in [1.165, 1.54) is 6.07 Å². The van der Waals surface area contributed by atoms with Crippen LogP contribution in [0.4, 0.5) is 13.2 Å². The van der Waals surface area contributed by atoms with E-state index in [0.717, 1.165) is 0 Å². The minimum Gasteiger partial charge on any atom is -0.480 e. The van der Waals surface area contributed by atoms with Crippen molar-refractivity contribution in [1.29, 1.82) is 0 Å². The van der Waals surface area contributed by atoms with Crippen molar-refractivity contribution in [2.75, 3.05) is 13.1 Å². The number of aliphatic carboxylic acids is 1. The number of benzene rings is 1. The molecule has 2 aromatic rings. The van der Waals surface area contributed by atoms with Crippen molar-refractivity contribution in [2.24, 2.45) is 0 Å². The Bertz CT molecular complexity index is 644. The lowest BCUT2D eigenvalue weighted by atomic mass is 10.2. The maximum absolute atomic E-state index is 12.4. The van der Waals surface area contributed by atoms with Crippen molar-refractivity contribution < 1.29 is 32.3 Å². The number of fused-ring (bicyclic) bond motifs is 1. The largest absolute Gasteiger partial charge is 0.480 e. The molecule has 0 aliphatic rings. The number of carboxylic acids is 1. The molecule has 1 amide bonds. The molecular formula is C13H10F3NO4. The first-order valence-corrected chi connectivity index (χ1v) is 5.82. The van der Waals surface area contributed by atoms with Crippen LogP contribution in [0.1, 0.15) is 10.6 Å². The molecule has 112 valence electrons. The van der Waals surface area contributed by atoms with Crippen molar-refractivity contribution in [3.63, 3.8) is 0 Å². The summed E-state index contributed by atoms with van der Waals surface area (Å²) in [7, 11) is 0. The molecule has 0 unspecified atom stereocenters. The number of nitrogens with zero attached hydrogens (tertiary/aromatic N) is 1. The summed E-state index contributed by atoms with van der Waals surface area (Å²) in [6.45, 7) is -2.72. The predicted octanol–water partition coefficient (Wildman–Crippen LogP) is 2.52. The molecule has 0 bridgehead atoms. The van der Waals surface area contributed by atoms with E-state index in [1.807, 2.05) is 0 Å². The molecule has 2 rings (SSSR count). The van der Waals surface area contributed by atoms with Crippen molar-refractivity contribution in [1.82, 2.24) is 4.90 Å². The summed E-state index contributed by atoms with van der Waals surface area (Å²) in [6.07, 6.45) is -4.70. The minimum absolute atomic E-state index is 0.181. The number of carbonyl (C=O) groups excluding carboxylic acids is 1. The van der Waals surface area contributed by atoms with E-state index in [-0.39, 0.29) is 10.7 Å².